The number of likely N-dealkylation sites (tertiary alicyclic amines) is 1. The molecule has 2 heterocycles. The molecule has 1 N–H and O–H groups in total. The first-order chi connectivity index (χ1) is 10.1. The monoisotopic (exact) mass is 293 g/mol. The lowest BCUT2D eigenvalue weighted by Gasteiger charge is -2.47. The summed E-state index contributed by atoms with van der Waals surface area (Å²) in [6, 6.07) is 0. The van der Waals surface area contributed by atoms with Gasteiger partial charge in [0.05, 0.1) is 5.60 Å². The number of fused-ring (bicyclic) bond motifs is 1. The Balaban J connectivity index is 1.54. The molecule has 6 heteroatoms. The van der Waals surface area contributed by atoms with Crippen LogP contribution < -0.4 is 0 Å². The molecule has 0 radical (unpaired) electrons. The van der Waals surface area contributed by atoms with E-state index in [4.69, 9.17) is 4.52 Å². The van der Waals surface area contributed by atoms with Crippen molar-refractivity contribution in [3.05, 3.63) is 11.7 Å². The molecule has 1 saturated heterocycles. The highest BCUT2D eigenvalue weighted by Gasteiger charge is 2.43. The van der Waals surface area contributed by atoms with Crippen LogP contribution in [0.3, 0.4) is 0 Å². The first kappa shape index (κ1) is 14.5. The summed E-state index contributed by atoms with van der Waals surface area (Å²) in [5, 5.41) is 14.4. The van der Waals surface area contributed by atoms with E-state index in [1.807, 2.05) is 4.90 Å². The maximum atomic E-state index is 12.3. The van der Waals surface area contributed by atoms with Crippen molar-refractivity contribution >= 4 is 5.91 Å². The van der Waals surface area contributed by atoms with Crippen molar-refractivity contribution in [3.8, 4) is 0 Å². The van der Waals surface area contributed by atoms with Gasteiger partial charge >= 0.3 is 0 Å². The molecule has 1 aromatic heterocycles. The van der Waals surface area contributed by atoms with Crippen LogP contribution in [0.15, 0.2) is 4.52 Å². The van der Waals surface area contributed by atoms with Gasteiger partial charge in [0, 0.05) is 31.8 Å². The molecule has 2 unspecified atom stereocenters. The van der Waals surface area contributed by atoms with E-state index >= 15 is 0 Å². The van der Waals surface area contributed by atoms with Gasteiger partial charge in [0.25, 0.3) is 0 Å². The maximum absolute atomic E-state index is 12.3. The number of nitrogens with zero attached hydrogens (tertiary/aromatic N) is 3. The molecule has 1 amide bonds. The maximum Gasteiger partial charge on any atom is 0.227 e. The quantitative estimate of drug-likeness (QED) is 0.912. The van der Waals surface area contributed by atoms with Crippen molar-refractivity contribution in [2.75, 3.05) is 13.1 Å². The van der Waals surface area contributed by atoms with Gasteiger partial charge in [0.2, 0.25) is 11.8 Å². The molecule has 1 aromatic rings. The highest BCUT2D eigenvalue weighted by Crippen LogP contribution is 2.39. The number of hydrogen-bond acceptors (Lipinski definition) is 5. The average Bonchev–Trinajstić information content (AvgIpc) is 2.89. The molecule has 2 aliphatic rings. The molecule has 1 aliphatic heterocycles. The Morgan fingerprint density at radius 3 is 3.10 bits per heavy atom. The SMILES string of the molecule is Cc1noc(CCC(=O)N2CCC3(O)CCCCC3C2)n1. The van der Waals surface area contributed by atoms with E-state index in [2.05, 4.69) is 10.1 Å². The normalized spacial score (nSPS) is 29.2. The van der Waals surface area contributed by atoms with E-state index in [9.17, 15) is 9.90 Å². The molecule has 6 nitrogen and oxygen atoms in total. The second-order valence-electron chi connectivity index (χ2n) is 6.37. The molecule has 0 spiro atoms. The summed E-state index contributed by atoms with van der Waals surface area (Å²) in [7, 11) is 0. The Morgan fingerprint density at radius 2 is 2.33 bits per heavy atom. The fraction of sp³-hybridized carbons (Fsp3) is 0.800. The van der Waals surface area contributed by atoms with Gasteiger partial charge in [-0.05, 0) is 26.2 Å². The van der Waals surface area contributed by atoms with Crippen molar-refractivity contribution < 1.29 is 14.4 Å². The van der Waals surface area contributed by atoms with Gasteiger partial charge in [-0.1, -0.05) is 18.0 Å². The third-order valence-electron chi connectivity index (χ3n) is 4.90. The fourth-order valence-corrected chi connectivity index (χ4v) is 3.61. The highest BCUT2D eigenvalue weighted by atomic mass is 16.5. The number of aliphatic hydroxyl groups is 1. The lowest BCUT2D eigenvalue weighted by atomic mass is 9.71. The van der Waals surface area contributed by atoms with Crippen LogP contribution in [0.2, 0.25) is 0 Å². The average molecular weight is 293 g/mol. The Bertz CT molecular complexity index is 516. The largest absolute Gasteiger partial charge is 0.389 e. The van der Waals surface area contributed by atoms with Crippen molar-refractivity contribution in [1.82, 2.24) is 15.0 Å². The molecule has 1 saturated carbocycles. The zero-order valence-electron chi connectivity index (χ0n) is 12.5. The van der Waals surface area contributed by atoms with Gasteiger partial charge < -0.3 is 14.5 Å². The number of aromatic nitrogens is 2. The summed E-state index contributed by atoms with van der Waals surface area (Å²) in [4.78, 5) is 18.3. The zero-order valence-corrected chi connectivity index (χ0v) is 12.5. The molecule has 0 aromatic carbocycles. The summed E-state index contributed by atoms with van der Waals surface area (Å²) in [5.41, 5.74) is -0.529. The molecule has 2 fully saturated rings. The summed E-state index contributed by atoms with van der Waals surface area (Å²) >= 11 is 0. The van der Waals surface area contributed by atoms with Gasteiger partial charge in [-0.25, -0.2) is 0 Å². The molecule has 0 bridgehead atoms. The molecular formula is C15H23N3O3. The van der Waals surface area contributed by atoms with Crippen LogP contribution in [0.4, 0.5) is 0 Å². The lowest BCUT2D eigenvalue weighted by molar-refractivity contribution is -0.143. The summed E-state index contributed by atoms with van der Waals surface area (Å²) in [6.45, 7) is 3.12. The second-order valence-corrected chi connectivity index (χ2v) is 6.37. The second kappa shape index (κ2) is 5.75. The predicted molar refractivity (Wildman–Crippen MR) is 75.5 cm³/mol. The van der Waals surface area contributed by atoms with E-state index in [0.29, 0.717) is 44.1 Å². The summed E-state index contributed by atoms with van der Waals surface area (Å²) in [6.07, 6.45) is 5.79. The third kappa shape index (κ3) is 3.10. The first-order valence-electron chi connectivity index (χ1n) is 7.86. The predicted octanol–water partition coefficient (Wildman–Crippen LogP) is 1.46. The van der Waals surface area contributed by atoms with Crippen LogP contribution in [0, 0.1) is 12.8 Å². The van der Waals surface area contributed by atoms with Gasteiger partial charge in [-0.3, -0.25) is 4.79 Å². The number of carbonyl (C=O) groups excluding carboxylic acids is 1. The number of piperidine rings is 1. The Labute approximate surface area is 124 Å². The Hall–Kier alpha value is -1.43. The number of carbonyl (C=O) groups is 1. The molecular weight excluding hydrogens is 270 g/mol. The molecule has 1 aliphatic carbocycles. The minimum absolute atomic E-state index is 0.124. The zero-order chi connectivity index (χ0) is 14.9. The van der Waals surface area contributed by atoms with Crippen molar-refractivity contribution in [3.63, 3.8) is 0 Å². The van der Waals surface area contributed by atoms with Crippen molar-refractivity contribution in [2.24, 2.45) is 5.92 Å². The van der Waals surface area contributed by atoms with E-state index < -0.39 is 5.60 Å². The molecule has 116 valence electrons. The number of amides is 1. The van der Waals surface area contributed by atoms with E-state index in [-0.39, 0.29) is 11.8 Å². The number of hydrogen-bond donors (Lipinski definition) is 1. The van der Waals surface area contributed by atoms with Gasteiger partial charge in [0.1, 0.15) is 0 Å². The number of aryl methyl sites for hydroxylation is 2. The Kier molecular flexibility index (Phi) is 3.97. The highest BCUT2D eigenvalue weighted by molar-refractivity contribution is 5.76. The van der Waals surface area contributed by atoms with Gasteiger partial charge in [-0.15, -0.1) is 0 Å². The van der Waals surface area contributed by atoms with E-state index in [1.54, 1.807) is 6.92 Å². The van der Waals surface area contributed by atoms with Crippen LogP contribution in [0.1, 0.15) is 50.2 Å². The van der Waals surface area contributed by atoms with Crippen LogP contribution in [0.5, 0.6) is 0 Å². The van der Waals surface area contributed by atoms with Crippen LogP contribution in [0.25, 0.3) is 0 Å². The summed E-state index contributed by atoms with van der Waals surface area (Å²) in [5.74, 6) is 1.49. The van der Waals surface area contributed by atoms with Crippen LogP contribution in [-0.2, 0) is 11.2 Å². The van der Waals surface area contributed by atoms with Gasteiger partial charge in [0.15, 0.2) is 5.82 Å². The lowest BCUT2D eigenvalue weighted by Crippen LogP contribution is -2.54. The van der Waals surface area contributed by atoms with Crippen LogP contribution >= 0.6 is 0 Å². The molecule has 2 atom stereocenters. The van der Waals surface area contributed by atoms with Gasteiger partial charge in [-0.2, -0.15) is 4.98 Å². The van der Waals surface area contributed by atoms with Crippen molar-refractivity contribution in [1.29, 1.82) is 0 Å². The standard InChI is InChI=1S/C15H23N3O3/c1-11-16-13(21-17-11)5-6-14(19)18-9-8-15(20)7-3-2-4-12(15)10-18/h12,20H,2-10H2,1H3. The molecule has 21 heavy (non-hydrogen) atoms. The Morgan fingerprint density at radius 1 is 1.48 bits per heavy atom. The molecule has 3 rings (SSSR count). The van der Waals surface area contributed by atoms with E-state index in [1.165, 1.54) is 0 Å². The third-order valence-corrected chi connectivity index (χ3v) is 4.90. The fourth-order valence-electron chi connectivity index (χ4n) is 3.61. The van der Waals surface area contributed by atoms with Crippen molar-refractivity contribution in [2.45, 2.75) is 57.5 Å². The van der Waals surface area contributed by atoms with E-state index in [0.717, 1.165) is 25.7 Å². The minimum atomic E-state index is -0.529. The van der Waals surface area contributed by atoms with Crippen LogP contribution in [-0.4, -0.2) is 44.7 Å². The summed E-state index contributed by atoms with van der Waals surface area (Å²) < 4.78 is 5.03. The smallest absolute Gasteiger partial charge is 0.227 e. The minimum Gasteiger partial charge on any atom is -0.389 e. The first-order valence-corrected chi connectivity index (χ1v) is 7.86. The number of rotatable bonds is 3. The topological polar surface area (TPSA) is 79.5 Å².